The van der Waals surface area contributed by atoms with Crippen molar-refractivity contribution in [1.82, 2.24) is 5.32 Å². The molecule has 2 saturated carbocycles. The quantitative estimate of drug-likeness (QED) is 0.791. The Hall–Kier alpha value is -1.88. The zero-order valence-electron chi connectivity index (χ0n) is 13.8. The molecule has 2 aliphatic rings. The van der Waals surface area contributed by atoms with E-state index in [1.165, 1.54) is 0 Å². The molecule has 5 nitrogen and oxygen atoms in total. The van der Waals surface area contributed by atoms with E-state index < -0.39 is 0 Å². The van der Waals surface area contributed by atoms with Crippen LogP contribution in [0.25, 0.3) is 0 Å². The average molecular weight is 315 g/mol. The summed E-state index contributed by atoms with van der Waals surface area (Å²) in [5.41, 5.74) is 9.02. The molecule has 2 bridgehead atoms. The highest BCUT2D eigenvalue weighted by Crippen LogP contribution is 2.47. The van der Waals surface area contributed by atoms with E-state index in [4.69, 9.17) is 5.73 Å². The third-order valence-electron chi connectivity index (χ3n) is 5.45. The molecule has 1 aromatic carbocycles. The van der Waals surface area contributed by atoms with Crippen molar-refractivity contribution < 1.29 is 9.59 Å². The topological polar surface area (TPSA) is 84.2 Å². The van der Waals surface area contributed by atoms with E-state index in [1.54, 1.807) is 0 Å². The lowest BCUT2D eigenvalue weighted by Gasteiger charge is -2.26. The van der Waals surface area contributed by atoms with Crippen LogP contribution in [0.3, 0.4) is 0 Å². The second kappa shape index (κ2) is 6.32. The molecule has 5 heteroatoms. The molecule has 4 atom stereocenters. The van der Waals surface area contributed by atoms with Gasteiger partial charge in [-0.05, 0) is 56.1 Å². The summed E-state index contributed by atoms with van der Waals surface area (Å²) < 4.78 is 0. The molecular weight excluding hydrogens is 290 g/mol. The van der Waals surface area contributed by atoms with E-state index in [0.29, 0.717) is 11.8 Å². The van der Waals surface area contributed by atoms with Gasteiger partial charge in [-0.3, -0.25) is 9.59 Å². The Morgan fingerprint density at radius 2 is 1.83 bits per heavy atom. The molecule has 0 aliphatic heterocycles. The number of anilines is 1. The van der Waals surface area contributed by atoms with E-state index in [9.17, 15) is 9.59 Å². The maximum absolute atomic E-state index is 12.4. The third-order valence-corrected chi connectivity index (χ3v) is 5.45. The number of amides is 2. The number of nitrogens with one attached hydrogen (secondary N) is 2. The Labute approximate surface area is 137 Å². The molecule has 0 heterocycles. The Kier molecular flexibility index (Phi) is 4.39. The zero-order chi connectivity index (χ0) is 16.6. The molecule has 0 spiro atoms. The van der Waals surface area contributed by atoms with Crippen LogP contribution in [0, 0.1) is 31.6 Å². The summed E-state index contributed by atoms with van der Waals surface area (Å²) in [4.78, 5) is 24.5. The fourth-order valence-electron chi connectivity index (χ4n) is 4.21. The van der Waals surface area contributed by atoms with Gasteiger partial charge in [0.2, 0.25) is 11.8 Å². The Bertz CT molecular complexity index is 606. The largest absolute Gasteiger partial charge is 0.347 e. The Morgan fingerprint density at radius 3 is 2.43 bits per heavy atom. The fourth-order valence-corrected chi connectivity index (χ4v) is 4.21. The summed E-state index contributed by atoms with van der Waals surface area (Å²) in [6, 6.07) is 5.82. The number of benzene rings is 1. The van der Waals surface area contributed by atoms with E-state index in [-0.39, 0.29) is 30.3 Å². The van der Waals surface area contributed by atoms with Gasteiger partial charge in [-0.15, -0.1) is 0 Å². The van der Waals surface area contributed by atoms with Crippen molar-refractivity contribution in [2.45, 2.75) is 39.2 Å². The number of rotatable bonds is 4. The smallest absolute Gasteiger partial charge is 0.243 e. The van der Waals surface area contributed by atoms with Gasteiger partial charge in [0.25, 0.3) is 0 Å². The lowest BCUT2D eigenvalue weighted by atomic mass is 9.84. The first-order valence-corrected chi connectivity index (χ1v) is 8.36. The fraction of sp³-hybridized carbons (Fsp3) is 0.556. The zero-order valence-corrected chi connectivity index (χ0v) is 13.8. The van der Waals surface area contributed by atoms with E-state index in [1.807, 2.05) is 32.0 Å². The van der Waals surface area contributed by atoms with Crippen LogP contribution in [-0.4, -0.2) is 24.4 Å². The van der Waals surface area contributed by atoms with Crippen LogP contribution in [0.5, 0.6) is 0 Å². The van der Waals surface area contributed by atoms with E-state index in [2.05, 4.69) is 10.6 Å². The van der Waals surface area contributed by atoms with Crippen LogP contribution in [0.2, 0.25) is 0 Å². The molecule has 2 amide bonds. The molecule has 124 valence electrons. The minimum Gasteiger partial charge on any atom is -0.347 e. The highest BCUT2D eigenvalue weighted by Gasteiger charge is 2.48. The number of nitrogens with two attached hydrogens (primary N) is 1. The molecular formula is C18H25N3O2. The number of aryl methyl sites for hydroxylation is 2. The Balaban J connectivity index is 1.54. The van der Waals surface area contributed by atoms with Gasteiger partial charge in [0.05, 0.1) is 12.5 Å². The molecule has 2 fully saturated rings. The highest BCUT2D eigenvalue weighted by atomic mass is 16.2. The lowest BCUT2D eigenvalue weighted by Crippen LogP contribution is -2.46. The lowest BCUT2D eigenvalue weighted by molar-refractivity contribution is -0.129. The first kappa shape index (κ1) is 16.0. The van der Waals surface area contributed by atoms with E-state index >= 15 is 0 Å². The first-order chi connectivity index (χ1) is 11.0. The predicted octanol–water partition coefficient (Wildman–Crippen LogP) is 1.73. The molecule has 23 heavy (non-hydrogen) atoms. The third kappa shape index (κ3) is 3.11. The van der Waals surface area contributed by atoms with Crippen molar-refractivity contribution in [2.75, 3.05) is 11.9 Å². The summed E-state index contributed by atoms with van der Waals surface area (Å²) in [5.74, 6) is 0.492. The minimum atomic E-state index is -0.201. The second-order valence-electron chi connectivity index (χ2n) is 6.97. The molecule has 4 unspecified atom stereocenters. The number of para-hydroxylation sites is 1. The van der Waals surface area contributed by atoms with Crippen molar-refractivity contribution in [3.63, 3.8) is 0 Å². The summed E-state index contributed by atoms with van der Waals surface area (Å²) in [6.07, 6.45) is 3.29. The highest BCUT2D eigenvalue weighted by molar-refractivity contribution is 5.96. The molecule has 0 radical (unpaired) electrons. The summed E-state index contributed by atoms with van der Waals surface area (Å²) in [5, 5.41) is 5.65. The number of carbonyl (C=O) groups excluding carboxylic acids is 2. The van der Waals surface area contributed by atoms with E-state index in [0.717, 1.165) is 36.1 Å². The van der Waals surface area contributed by atoms with Gasteiger partial charge in [-0.25, -0.2) is 0 Å². The average Bonchev–Trinajstić information content (AvgIpc) is 3.09. The van der Waals surface area contributed by atoms with Gasteiger partial charge in [-0.1, -0.05) is 18.2 Å². The predicted molar refractivity (Wildman–Crippen MR) is 89.9 cm³/mol. The van der Waals surface area contributed by atoms with Gasteiger partial charge in [0.1, 0.15) is 0 Å². The number of fused-ring (bicyclic) bond motifs is 2. The van der Waals surface area contributed by atoms with Gasteiger partial charge >= 0.3 is 0 Å². The molecule has 2 aliphatic carbocycles. The maximum Gasteiger partial charge on any atom is 0.243 e. The summed E-state index contributed by atoms with van der Waals surface area (Å²) >= 11 is 0. The maximum atomic E-state index is 12.4. The number of hydrogen-bond acceptors (Lipinski definition) is 3. The van der Waals surface area contributed by atoms with Crippen molar-refractivity contribution in [3.8, 4) is 0 Å². The summed E-state index contributed by atoms with van der Waals surface area (Å²) in [6.45, 7) is 3.90. The van der Waals surface area contributed by atoms with Gasteiger partial charge < -0.3 is 16.4 Å². The normalized spacial score (nSPS) is 28.7. The second-order valence-corrected chi connectivity index (χ2v) is 6.97. The van der Waals surface area contributed by atoms with Crippen LogP contribution < -0.4 is 16.4 Å². The summed E-state index contributed by atoms with van der Waals surface area (Å²) in [7, 11) is 0. The van der Waals surface area contributed by atoms with Gasteiger partial charge in [-0.2, -0.15) is 0 Å². The molecule has 4 N–H and O–H groups in total. The minimum absolute atomic E-state index is 0.00673. The van der Waals surface area contributed by atoms with Crippen LogP contribution >= 0.6 is 0 Å². The Morgan fingerprint density at radius 1 is 1.17 bits per heavy atom. The molecule has 3 rings (SSSR count). The molecule has 0 aromatic heterocycles. The first-order valence-electron chi connectivity index (χ1n) is 8.36. The van der Waals surface area contributed by atoms with Crippen molar-refractivity contribution in [3.05, 3.63) is 29.3 Å². The van der Waals surface area contributed by atoms with Crippen molar-refractivity contribution in [2.24, 2.45) is 23.5 Å². The monoisotopic (exact) mass is 315 g/mol. The van der Waals surface area contributed by atoms with Crippen LogP contribution in [0.4, 0.5) is 5.69 Å². The van der Waals surface area contributed by atoms with Crippen LogP contribution in [0.1, 0.15) is 30.4 Å². The number of carbonyl (C=O) groups is 2. The van der Waals surface area contributed by atoms with Crippen molar-refractivity contribution in [1.29, 1.82) is 0 Å². The van der Waals surface area contributed by atoms with Crippen LogP contribution in [0.15, 0.2) is 18.2 Å². The number of hydrogen-bond donors (Lipinski definition) is 3. The van der Waals surface area contributed by atoms with Crippen molar-refractivity contribution >= 4 is 17.5 Å². The van der Waals surface area contributed by atoms with Gasteiger partial charge in [0, 0.05) is 11.7 Å². The molecule has 0 saturated heterocycles. The van der Waals surface area contributed by atoms with Crippen LogP contribution in [-0.2, 0) is 9.59 Å². The van der Waals surface area contributed by atoms with Gasteiger partial charge in [0.15, 0.2) is 0 Å². The SMILES string of the molecule is Cc1cccc(C)c1NC(=O)CNC(=O)C1C2CCC(C2)C1N. The molecule has 1 aromatic rings. The standard InChI is InChI=1S/C18H25N3O2/c1-10-4-3-5-11(2)17(10)21-14(22)9-20-18(23)15-12-6-7-13(8-12)16(15)19/h3-5,12-13,15-16H,6-9,19H2,1-2H3,(H,20,23)(H,21,22).